The lowest BCUT2D eigenvalue weighted by atomic mass is 10.0. The molecule has 20 heavy (non-hydrogen) atoms. The molecular weight excluding hydrogens is 252 g/mol. The van der Waals surface area contributed by atoms with E-state index in [4.69, 9.17) is 4.74 Å². The minimum absolute atomic E-state index is 0.205. The van der Waals surface area contributed by atoms with Gasteiger partial charge in [-0.3, -0.25) is 0 Å². The van der Waals surface area contributed by atoms with Crippen LogP contribution in [-0.2, 0) is 11.3 Å². The molecule has 0 spiro atoms. The summed E-state index contributed by atoms with van der Waals surface area (Å²) in [5.74, 6) is 0.632. The van der Waals surface area contributed by atoms with Gasteiger partial charge in [0.2, 0.25) is 0 Å². The molecule has 0 aromatic heterocycles. The van der Waals surface area contributed by atoms with Gasteiger partial charge < -0.3 is 15.0 Å². The Hall–Kier alpha value is -1.55. The van der Waals surface area contributed by atoms with Crippen LogP contribution < -0.4 is 5.32 Å². The molecule has 1 atom stereocenters. The first-order chi connectivity index (χ1) is 9.65. The maximum Gasteiger partial charge on any atom is 0.410 e. The summed E-state index contributed by atoms with van der Waals surface area (Å²) in [6.07, 6.45) is 0.881. The molecule has 0 saturated carbocycles. The van der Waals surface area contributed by atoms with Gasteiger partial charge in [0.1, 0.15) is 6.61 Å². The highest BCUT2D eigenvalue weighted by Crippen LogP contribution is 2.11. The first kappa shape index (κ1) is 14.9. The number of carbonyl (C=O) groups is 1. The van der Waals surface area contributed by atoms with E-state index in [9.17, 15) is 4.79 Å². The molecule has 1 saturated heterocycles. The number of piperazine rings is 1. The van der Waals surface area contributed by atoms with Crippen molar-refractivity contribution in [2.45, 2.75) is 32.9 Å². The molecule has 1 aliphatic heterocycles. The summed E-state index contributed by atoms with van der Waals surface area (Å²) >= 11 is 0. The van der Waals surface area contributed by atoms with E-state index in [-0.39, 0.29) is 6.09 Å². The van der Waals surface area contributed by atoms with E-state index in [0.717, 1.165) is 31.6 Å². The third kappa shape index (κ3) is 4.53. The highest BCUT2D eigenvalue weighted by molar-refractivity contribution is 5.67. The van der Waals surface area contributed by atoms with Gasteiger partial charge >= 0.3 is 6.09 Å². The zero-order valence-electron chi connectivity index (χ0n) is 12.3. The topological polar surface area (TPSA) is 41.6 Å². The van der Waals surface area contributed by atoms with Crippen LogP contribution in [0.25, 0.3) is 0 Å². The molecule has 1 fully saturated rings. The second-order valence-corrected chi connectivity index (χ2v) is 5.77. The van der Waals surface area contributed by atoms with Crippen LogP contribution in [0.1, 0.15) is 25.8 Å². The Kier molecular flexibility index (Phi) is 5.41. The Morgan fingerprint density at radius 1 is 1.40 bits per heavy atom. The molecule has 0 aliphatic carbocycles. The molecular formula is C16H24N2O2. The Morgan fingerprint density at radius 2 is 2.15 bits per heavy atom. The van der Waals surface area contributed by atoms with Crippen LogP contribution in [0.5, 0.6) is 0 Å². The molecule has 1 aromatic carbocycles. The van der Waals surface area contributed by atoms with Crippen LogP contribution in [0, 0.1) is 5.92 Å². The number of benzene rings is 1. The van der Waals surface area contributed by atoms with Crippen molar-refractivity contribution >= 4 is 6.09 Å². The van der Waals surface area contributed by atoms with E-state index in [1.807, 2.05) is 35.2 Å². The van der Waals surface area contributed by atoms with Gasteiger partial charge in [0.25, 0.3) is 0 Å². The summed E-state index contributed by atoms with van der Waals surface area (Å²) in [7, 11) is 0. The minimum Gasteiger partial charge on any atom is -0.445 e. The van der Waals surface area contributed by atoms with E-state index in [1.54, 1.807) is 0 Å². The predicted octanol–water partition coefficient (Wildman–Crippen LogP) is 2.64. The van der Waals surface area contributed by atoms with Crippen LogP contribution in [0.3, 0.4) is 0 Å². The summed E-state index contributed by atoms with van der Waals surface area (Å²) in [6, 6.07) is 10.2. The van der Waals surface area contributed by atoms with Gasteiger partial charge in [0.05, 0.1) is 0 Å². The molecule has 1 amide bonds. The maximum absolute atomic E-state index is 12.1. The third-order valence-corrected chi connectivity index (χ3v) is 3.47. The Morgan fingerprint density at radius 3 is 2.85 bits per heavy atom. The first-order valence-corrected chi connectivity index (χ1v) is 7.34. The molecule has 1 unspecified atom stereocenters. The van der Waals surface area contributed by atoms with Gasteiger partial charge in [-0.1, -0.05) is 44.2 Å². The van der Waals surface area contributed by atoms with E-state index in [1.165, 1.54) is 0 Å². The van der Waals surface area contributed by atoms with Crippen molar-refractivity contribution in [2.24, 2.45) is 5.92 Å². The molecule has 1 aliphatic rings. The molecule has 1 aromatic rings. The summed E-state index contributed by atoms with van der Waals surface area (Å²) in [5.41, 5.74) is 1.02. The van der Waals surface area contributed by atoms with Crippen molar-refractivity contribution in [3.8, 4) is 0 Å². The number of hydrogen-bond donors (Lipinski definition) is 1. The van der Waals surface area contributed by atoms with E-state index in [0.29, 0.717) is 18.6 Å². The molecule has 4 nitrogen and oxygen atoms in total. The van der Waals surface area contributed by atoms with Crippen molar-refractivity contribution in [3.05, 3.63) is 35.9 Å². The lowest BCUT2D eigenvalue weighted by Gasteiger charge is -2.33. The van der Waals surface area contributed by atoms with Crippen LogP contribution in [0.4, 0.5) is 4.79 Å². The lowest BCUT2D eigenvalue weighted by Crippen LogP contribution is -2.53. The van der Waals surface area contributed by atoms with Crippen molar-refractivity contribution < 1.29 is 9.53 Å². The van der Waals surface area contributed by atoms with Crippen LogP contribution in [-0.4, -0.2) is 36.7 Å². The van der Waals surface area contributed by atoms with E-state index < -0.39 is 0 Å². The Bertz CT molecular complexity index is 420. The highest BCUT2D eigenvalue weighted by atomic mass is 16.6. The number of nitrogens with one attached hydrogen (secondary N) is 1. The van der Waals surface area contributed by atoms with Gasteiger partial charge in [-0.15, -0.1) is 0 Å². The standard InChI is InChI=1S/C16H24N2O2/c1-13(2)10-15-11-18(9-8-17-15)16(19)20-12-14-6-4-3-5-7-14/h3-7,13,15,17H,8-12H2,1-2H3. The molecule has 0 radical (unpaired) electrons. The van der Waals surface area contributed by atoms with Crippen molar-refractivity contribution in [1.82, 2.24) is 10.2 Å². The van der Waals surface area contributed by atoms with E-state index >= 15 is 0 Å². The minimum atomic E-state index is -0.205. The monoisotopic (exact) mass is 276 g/mol. The van der Waals surface area contributed by atoms with Gasteiger partial charge in [0, 0.05) is 25.7 Å². The van der Waals surface area contributed by atoms with E-state index in [2.05, 4.69) is 19.2 Å². The normalized spacial score (nSPS) is 19.1. The SMILES string of the molecule is CC(C)CC1CN(C(=O)OCc2ccccc2)CCN1. The summed E-state index contributed by atoms with van der Waals surface area (Å²) < 4.78 is 5.38. The number of carbonyl (C=O) groups excluding carboxylic acids is 1. The number of rotatable bonds is 4. The summed E-state index contributed by atoms with van der Waals surface area (Å²) in [4.78, 5) is 13.9. The van der Waals surface area contributed by atoms with Crippen LogP contribution >= 0.6 is 0 Å². The molecule has 1 heterocycles. The third-order valence-electron chi connectivity index (χ3n) is 3.47. The second kappa shape index (κ2) is 7.29. The average molecular weight is 276 g/mol. The fourth-order valence-corrected chi connectivity index (χ4v) is 2.53. The van der Waals surface area contributed by atoms with Crippen molar-refractivity contribution in [3.63, 3.8) is 0 Å². The Labute approximate surface area is 121 Å². The zero-order valence-corrected chi connectivity index (χ0v) is 12.3. The zero-order chi connectivity index (χ0) is 14.4. The van der Waals surface area contributed by atoms with Gasteiger partial charge in [-0.2, -0.15) is 0 Å². The molecule has 4 heteroatoms. The van der Waals surface area contributed by atoms with Gasteiger partial charge in [0.15, 0.2) is 0 Å². The molecule has 0 bridgehead atoms. The average Bonchev–Trinajstić information content (AvgIpc) is 2.45. The quantitative estimate of drug-likeness (QED) is 0.919. The van der Waals surface area contributed by atoms with Crippen molar-refractivity contribution in [1.29, 1.82) is 0 Å². The van der Waals surface area contributed by atoms with Crippen LogP contribution in [0.15, 0.2) is 30.3 Å². The van der Waals surface area contributed by atoms with Crippen molar-refractivity contribution in [2.75, 3.05) is 19.6 Å². The number of ether oxygens (including phenoxy) is 1. The first-order valence-electron chi connectivity index (χ1n) is 7.34. The number of nitrogens with zero attached hydrogens (tertiary/aromatic N) is 1. The molecule has 1 N–H and O–H groups in total. The summed E-state index contributed by atoms with van der Waals surface area (Å²) in [6.45, 7) is 7.06. The number of hydrogen-bond acceptors (Lipinski definition) is 3. The fraction of sp³-hybridized carbons (Fsp3) is 0.562. The summed E-state index contributed by atoms with van der Waals surface area (Å²) in [5, 5.41) is 3.46. The molecule has 110 valence electrons. The second-order valence-electron chi connectivity index (χ2n) is 5.77. The maximum atomic E-state index is 12.1. The molecule has 2 rings (SSSR count). The van der Waals surface area contributed by atoms with Gasteiger partial charge in [-0.05, 0) is 17.9 Å². The lowest BCUT2D eigenvalue weighted by molar-refractivity contribution is 0.0831. The Balaban J connectivity index is 1.80. The fourth-order valence-electron chi connectivity index (χ4n) is 2.53. The smallest absolute Gasteiger partial charge is 0.410 e. The van der Waals surface area contributed by atoms with Gasteiger partial charge in [-0.25, -0.2) is 4.79 Å². The number of amides is 1. The van der Waals surface area contributed by atoms with Crippen LogP contribution in [0.2, 0.25) is 0 Å². The highest BCUT2D eigenvalue weighted by Gasteiger charge is 2.24. The largest absolute Gasteiger partial charge is 0.445 e. The predicted molar refractivity (Wildman–Crippen MR) is 79.4 cm³/mol.